The minimum atomic E-state index is -0.0326. The van der Waals surface area contributed by atoms with Crippen molar-refractivity contribution in [3.8, 4) is 17.2 Å². The summed E-state index contributed by atoms with van der Waals surface area (Å²) >= 11 is 0. The van der Waals surface area contributed by atoms with Crippen molar-refractivity contribution >= 4 is 12.0 Å². The lowest BCUT2D eigenvalue weighted by Gasteiger charge is -2.36. The zero-order valence-electron chi connectivity index (χ0n) is 17.5. The van der Waals surface area contributed by atoms with Gasteiger partial charge in [0.05, 0.1) is 19.9 Å². The molecule has 0 spiro atoms. The number of rotatable bonds is 6. The minimum Gasteiger partial charge on any atom is -0.493 e. The van der Waals surface area contributed by atoms with Gasteiger partial charge in [0.25, 0.3) is 0 Å². The van der Waals surface area contributed by atoms with Crippen molar-refractivity contribution in [3.05, 3.63) is 47.9 Å². The van der Waals surface area contributed by atoms with Gasteiger partial charge >= 0.3 is 0 Å². The Morgan fingerprint density at radius 1 is 1.27 bits per heavy atom. The van der Waals surface area contributed by atoms with Crippen LogP contribution in [0.2, 0.25) is 0 Å². The molecule has 0 saturated carbocycles. The van der Waals surface area contributed by atoms with Crippen LogP contribution in [-0.2, 0) is 11.3 Å². The maximum absolute atomic E-state index is 13.2. The summed E-state index contributed by atoms with van der Waals surface area (Å²) in [6.45, 7) is 3.42. The molecule has 1 aromatic carbocycles. The molecule has 30 heavy (non-hydrogen) atoms. The van der Waals surface area contributed by atoms with Crippen LogP contribution >= 0.6 is 0 Å². The van der Waals surface area contributed by atoms with Crippen molar-refractivity contribution < 1.29 is 23.4 Å². The molecular formula is C23H28N2O5. The van der Waals surface area contributed by atoms with Gasteiger partial charge in [-0.3, -0.25) is 4.79 Å². The lowest BCUT2D eigenvalue weighted by atomic mass is 10.0. The fourth-order valence-corrected chi connectivity index (χ4v) is 3.92. The fourth-order valence-electron chi connectivity index (χ4n) is 3.92. The fraction of sp³-hybridized carbons (Fsp3) is 0.435. The lowest BCUT2D eigenvalue weighted by molar-refractivity contribution is -0.130. The van der Waals surface area contributed by atoms with Gasteiger partial charge in [0.1, 0.15) is 19.0 Å². The second-order valence-electron chi connectivity index (χ2n) is 7.66. The molecule has 0 bridgehead atoms. The predicted molar refractivity (Wildman–Crippen MR) is 113 cm³/mol. The Balaban J connectivity index is 1.53. The second kappa shape index (κ2) is 9.26. The first-order valence-electron chi connectivity index (χ1n) is 10.3. The van der Waals surface area contributed by atoms with Crippen LogP contribution < -0.4 is 14.2 Å². The predicted octanol–water partition coefficient (Wildman–Crippen LogP) is 3.20. The zero-order valence-corrected chi connectivity index (χ0v) is 17.5. The molecule has 2 aliphatic heterocycles. The highest BCUT2D eigenvalue weighted by Gasteiger charge is 2.26. The summed E-state index contributed by atoms with van der Waals surface area (Å²) < 4.78 is 22.3. The van der Waals surface area contributed by atoms with E-state index in [9.17, 15) is 4.79 Å². The molecule has 1 fully saturated rings. The number of likely N-dealkylation sites (tertiary alicyclic amines) is 1. The number of nitrogens with zero attached hydrogens (tertiary/aromatic N) is 2. The first-order valence-corrected chi connectivity index (χ1v) is 10.3. The standard InChI is InChI=1S/C23H28N2O5/c1-24-9-7-18(8-10-24)25(16-19-4-3-11-28-19)22(26)6-5-17-14-20(27-2)23-21(15-17)29-12-13-30-23/h3-6,11,14-15,18H,7-10,12-13,16H2,1-2H3/b6-5+. The summed E-state index contributed by atoms with van der Waals surface area (Å²) in [7, 11) is 3.71. The Hall–Kier alpha value is -2.93. The van der Waals surface area contributed by atoms with Gasteiger partial charge in [-0.05, 0) is 68.9 Å². The van der Waals surface area contributed by atoms with Crippen LogP contribution in [0.25, 0.3) is 6.08 Å². The highest BCUT2D eigenvalue weighted by Crippen LogP contribution is 2.40. The van der Waals surface area contributed by atoms with Gasteiger partial charge in [-0.2, -0.15) is 0 Å². The van der Waals surface area contributed by atoms with Crippen molar-refractivity contribution in [2.75, 3.05) is 40.5 Å². The van der Waals surface area contributed by atoms with Gasteiger partial charge in [-0.25, -0.2) is 0 Å². The maximum atomic E-state index is 13.2. The van der Waals surface area contributed by atoms with E-state index in [1.165, 1.54) is 0 Å². The van der Waals surface area contributed by atoms with Crippen LogP contribution in [0, 0.1) is 0 Å². The Morgan fingerprint density at radius 3 is 2.80 bits per heavy atom. The van der Waals surface area contributed by atoms with E-state index < -0.39 is 0 Å². The molecule has 2 aliphatic rings. The van der Waals surface area contributed by atoms with Gasteiger partial charge in [0.2, 0.25) is 11.7 Å². The number of hydrogen-bond donors (Lipinski definition) is 0. The molecule has 7 nitrogen and oxygen atoms in total. The number of methoxy groups -OCH3 is 1. The van der Waals surface area contributed by atoms with Crippen LogP contribution in [0.5, 0.6) is 17.2 Å². The van der Waals surface area contributed by atoms with E-state index in [0.717, 1.165) is 37.3 Å². The zero-order chi connectivity index (χ0) is 20.9. The lowest BCUT2D eigenvalue weighted by Crippen LogP contribution is -2.45. The highest BCUT2D eigenvalue weighted by atomic mass is 16.6. The Labute approximate surface area is 176 Å². The summed E-state index contributed by atoms with van der Waals surface area (Å²) in [6.07, 6.45) is 6.96. The maximum Gasteiger partial charge on any atom is 0.247 e. The normalized spacial score (nSPS) is 17.3. The second-order valence-corrected chi connectivity index (χ2v) is 7.66. The van der Waals surface area contributed by atoms with Crippen molar-refractivity contribution in [3.63, 3.8) is 0 Å². The van der Waals surface area contributed by atoms with Crippen LogP contribution in [0.3, 0.4) is 0 Å². The molecule has 7 heteroatoms. The number of benzene rings is 1. The summed E-state index contributed by atoms with van der Waals surface area (Å²) in [4.78, 5) is 17.4. The molecule has 2 aromatic rings. The largest absolute Gasteiger partial charge is 0.493 e. The quantitative estimate of drug-likeness (QED) is 0.679. The van der Waals surface area contributed by atoms with Crippen LogP contribution in [0.15, 0.2) is 41.0 Å². The minimum absolute atomic E-state index is 0.0326. The molecular weight excluding hydrogens is 384 g/mol. The number of amides is 1. The number of carbonyl (C=O) groups is 1. The van der Waals surface area contributed by atoms with Gasteiger partial charge in [-0.1, -0.05) is 0 Å². The topological polar surface area (TPSA) is 64.4 Å². The third-order valence-electron chi connectivity index (χ3n) is 5.59. The van der Waals surface area contributed by atoms with Gasteiger partial charge in [0.15, 0.2) is 11.5 Å². The average molecular weight is 412 g/mol. The van der Waals surface area contributed by atoms with Crippen molar-refractivity contribution in [1.29, 1.82) is 0 Å². The molecule has 0 unspecified atom stereocenters. The number of piperidine rings is 1. The molecule has 4 rings (SSSR count). The average Bonchev–Trinajstić information content (AvgIpc) is 3.29. The number of hydrogen-bond acceptors (Lipinski definition) is 6. The Bertz CT molecular complexity index is 868. The molecule has 1 saturated heterocycles. The number of furan rings is 1. The molecule has 160 valence electrons. The number of ether oxygens (including phenoxy) is 3. The van der Waals surface area contributed by atoms with Crippen LogP contribution in [-0.4, -0.2) is 62.2 Å². The van der Waals surface area contributed by atoms with E-state index in [0.29, 0.717) is 37.0 Å². The first-order chi connectivity index (χ1) is 14.6. The van der Waals surface area contributed by atoms with E-state index >= 15 is 0 Å². The summed E-state index contributed by atoms with van der Waals surface area (Å²) in [6, 6.07) is 7.67. The molecule has 1 aromatic heterocycles. The summed E-state index contributed by atoms with van der Waals surface area (Å²) in [5, 5.41) is 0. The highest BCUT2D eigenvalue weighted by molar-refractivity contribution is 5.92. The van der Waals surface area contributed by atoms with Gasteiger partial charge < -0.3 is 28.4 Å². The van der Waals surface area contributed by atoms with Crippen LogP contribution in [0.4, 0.5) is 0 Å². The van der Waals surface area contributed by atoms with Crippen LogP contribution in [0.1, 0.15) is 24.2 Å². The molecule has 1 amide bonds. The molecule has 0 N–H and O–H groups in total. The number of carbonyl (C=O) groups excluding carboxylic acids is 1. The summed E-state index contributed by atoms with van der Waals surface area (Å²) in [5.74, 6) is 2.60. The van der Waals surface area contributed by atoms with Crippen molar-refractivity contribution in [2.24, 2.45) is 0 Å². The Kier molecular flexibility index (Phi) is 6.28. The van der Waals surface area contributed by atoms with E-state index in [-0.39, 0.29) is 11.9 Å². The summed E-state index contributed by atoms with van der Waals surface area (Å²) in [5.41, 5.74) is 0.825. The third kappa shape index (κ3) is 4.62. The first kappa shape index (κ1) is 20.3. The molecule has 0 radical (unpaired) electrons. The smallest absolute Gasteiger partial charge is 0.247 e. The van der Waals surface area contributed by atoms with E-state index in [1.54, 1.807) is 25.5 Å². The molecule has 0 atom stereocenters. The SMILES string of the molecule is COc1cc(/C=C/C(=O)N(Cc2ccco2)C2CCN(C)CC2)cc2c1OCCO2. The Morgan fingerprint density at radius 2 is 2.07 bits per heavy atom. The van der Waals surface area contributed by atoms with E-state index in [4.69, 9.17) is 18.6 Å². The van der Waals surface area contributed by atoms with E-state index in [1.807, 2.05) is 29.2 Å². The monoisotopic (exact) mass is 412 g/mol. The van der Waals surface area contributed by atoms with Crippen molar-refractivity contribution in [1.82, 2.24) is 9.80 Å². The molecule has 0 aliphatic carbocycles. The van der Waals surface area contributed by atoms with Gasteiger partial charge in [0, 0.05) is 12.1 Å². The van der Waals surface area contributed by atoms with Crippen molar-refractivity contribution in [2.45, 2.75) is 25.4 Å². The third-order valence-corrected chi connectivity index (χ3v) is 5.59. The van der Waals surface area contributed by atoms with Gasteiger partial charge in [-0.15, -0.1) is 0 Å². The van der Waals surface area contributed by atoms with E-state index in [2.05, 4.69) is 11.9 Å². The molecule has 3 heterocycles. The number of fused-ring (bicyclic) bond motifs is 1.